The number of carbonyl (C=O) groups is 1. The van der Waals surface area contributed by atoms with Gasteiger partial charge < -0.3 is 4.74 Å². The van der Waals surface area contributed by atoms with Crippen LogP contribution in [0.1, 0.15) is 16.1 Å². The van der Waals surface area contributed by atoms with Gasteiger partial charge in [0.15, 0.2) is 5.69 Å². The maximum absolute atomic E-state index is 12.2. The SMILES string of the molecule is COC(=O)c1nc(-c2[nH]nc3c(C)cccc23)sc1-c1cccnc1. The van der Waals surface area contributed by atoms with Crippen molar-refractivity contribution >= 4 is 28.2 Å². The Hall–Kier alpha value is -3.06. The number of nitrogens with zero attached hydrogens (tertiary/aromatic N) is 3. The quantitative estimate of drug-likeness (QED) is 0.568. The molecule has 124 valence electrons. The van der Waals surface area contributed by atoms with Crippen LogP contribution in [0.4, 0.5) is 0 Å². The van der Waals surface area contributed by atoms with E-state index in [1.165, 1.54) is 18.4 Å². The van der Waals surface area contributed by atoms with Gasteiger partial charge in [-0.2, -0.15) is 5.10 Å². The largest absolute Gasteiger partial charge is 0.464 e. The summed E-state index contributed by atoms with van der Waals surface area (Å²) >= 11 is 1.41. The van der Waals surface area contributed by atoms with Crippen LogP contribution in [0.5, 0.6) is 0 Å². The van der Waals surface area contributed by atoms with Crippen molar-refractivity contribution in [2.24, 2.45) is 0 Å². The number of methoxy groups -OCH3 is 1. The topological polar surface area (TPSA) is 80.8 Å². The first-order valence-electron chi connectivity index (χ1n) is 7.62. The normalized spacial score (nSPS) is 11.0. The number of nitrogens with one attached hydrogen (secondary N) is 1. The first-order chi connectivity index (χ1) is 12.2. The molecule has 0 fully saturated rings. The third kappa shape index (κ3) is 2.58. The van der Waals surface area contributed by atoms with Crippen LogP contribution in [-0.2, 0) is 4.74 Å². The van der Waals surface area contributed by atoms with Gasteiger partial charge in [-0.15, -0.1) is 11.3 Å². The molecule has 3 heterocycles. The molecule has 0 unspecified atom stereocenters. The zero-order chi connectivity index (χ0) is 17.4. The van der Waals surface area contributed by atoms with Crippen LogP contribution in [0.15, 0.2) is 42.7 Å². The smallest absolute Gasteiger partial charge is 0.358 e. The Bertz CT molecular complexity index is 1070. The molecule has 1 N–H and O–H groups in total. The molecule has 0 saturated carbocycles. The fraction of sp³-hybridized carbons (Fsp3) is 0.111. The number of thiazole rings is 1. The summed E-state index contributed by atoms with van der Waals surface area (Å²) in [6.07, 6.45) is 3.40. The molecular formula is C18H14N4O2S. The molecule has 6 nitrogen and oxygen atoms in total. The Labute approximate surface area is 147 Å². The van der Waals surface area contributed by atoms with Crippen molar-refractivity contribution in [2.45, 2.75) is 6.92 Å². The number of carbonyl (C=O) groups excluding carboxylic acids is 1. The molecule has 0 aliphatic heterocycles. The van der Waals surface area contributed by atoms with E-state index in [9.17, 15) is 4.79 Å². The number of aromatic amines is 1. The molecule has 0 aliphatic carbocycles. The number of aromatic nitrogens is 4. The number of para-hydroxylation sites is 1. The second-order valence-electron chi connectivity index (χ2n) is 5.50. The highest BCUT2D eigenvalue weighted by Crippen LogP contribution is 2.37. The molecule has 3 aromatic heterocycles. The molecule has 0 bridgehead atoms. The predicted octanol–water partition coefficient (Wildman–Crippen LogP) is 3.84. The molecule has 0 spiro atoms. The molecule has 0 atom stereocenters. The van der Waals surface area contributed by atoms with Gasteiger partial charge in [0.05, 0.1) is 17.5 Å². The van der Waals surface area contributed by atoms with E-state index in [-0.39, 0.29) is 5.69 Å². The highest BCUT2D eigenvalue weighted by atomic mass is 32.1. The van der Waals surface area contributed by atoms with Crippen molar-refractivity contribution in [3.8, 4) is 21.1 Å². The van der Waals surface area contributed by atoms with Crippen LogP contribution in [0, 0.1) is 6.92 Å². The van der Waals surface area contributed by atoms with E-state index in [1.54, 1.807) is 12.4 Å². The fourth-order valence-corrected chi connectivity index (χ4v) is 3.75. The van der Waals surface area contributed by atoms with Crippen molar-refractivity contribution in [3.63, 3.8) is 0 Å². The van der Waals surface area contributed by atoms with Gasteiger partial charge in [-0.25, -0.2) is 9.78 Å². The fourth-order valence-electron chi connectivity index (χ4n) is 2.70. The maximum Gasteiger partial charge on any atom is 0.358 e. The van der Waals surface area contributed by atoms with Crippen molar-refractivity contribution < 1.29 is 9.53 Å². The highest BCUT2D eigenvalue weighted by Gasteiger charge is 2.23. The predicted molar refractivity (Wildman–Crippen MR) is 96.5 cm³/mol. The van der Waals surface area contributed by atoms with Crippen molar-refractivity contribution in [1.29, 1.82) is 0 Å². The summed E-state index contributed by atoms with van der Waals surface area (Å²) < 4.78 is 4.89. The Balaban J connectivity index is 1.92. The summed E-state index contributed by atoms with van der Waals surface area (Å²) in [7, 11) is 1.35. The summed E-state index contributed by atoms with van der Waals surface area (Å²) in [4.78, 5) is 21.6. The van der Waals surface area contributed by atoms with Crippen LogP contribution < -0.4 is 0 Å². The second-order valence-corrected chi connectivity index (χ2v) is 6.50. The van der Waals surface area contributed by atoms with Gasteiger partial charge in [-0.3, -0.25) is 10.1 Å². The Morgan fingerprint density at radius 2 is 2.12 bits per heavy atom. The van der Waals surface area contributed by atoms with Gasteiger partial charge in [-0.1, -0.05) is 24.3 Å². The third-order valence-corrected chi connectivity index (χ3v) is 5.05. The van der Waals surface area contributed by atoms with E-state index in [0.29, 0.717) is 5.01 Å². The minimum absolute atomic E-state index is 0.283. The molecule has 0 aliphatic rings. The van der Waals surface area contributed by atoms with Crippen LogP contribution in [0.25, 0.3) is 32.0 Å². The van der Waals surface area contributed by atoms with E-state index in [2.05, 4.69) is 20.2 Å². The average molecular weight is 350 g/mol. The van der Waals surface area contributed by atoms with Gasteiger partial charge in [0, 0.05) is 23.3 Å². The van der Waals surface area contributed by atoms with Crippen LogP contribution >= 0.6 is 11.3 Å². The number of esters is 1. The molecule has 0 amide bonds. The number of pyridine rings is 1. The minimum atomic E-state index is -0.471. The Morgan fingerprint density at radius 1 is 1.24 bits per heavy atom. The molecule has 4 aromatic rings. The van der Waals surface area contributed by atoms with E-state index in [0.717, 1.165) is 32.6 Å². The first-order valence-corrected chi connectivity index (χ1v) is 8.44. The number of fused-ring (bicyclic) bond motifs is 1. The number of aryl methyl sites for hydroxylation is 1. The lowest BCUT2D eigenvalue weighted by molar-refractivity contribution is 0.0596. The van der Waals surface area contributed by atoms with E-state index >= 15 is 0 Å². The summed E-state index contributed by atoms with van der Waals surface area (Å²) in [5.74, 6) is -0.471. The van der Waals surface area contributed by atoms with Gasteiger partial charge in [0.1, 0.15) is 10.7 Å². The third-order valence-electron chi connectivity index (χ3n) is 3.93. The molecule has 4 rings (SSSR count). The second kappa shape index (κ2) is 6.10. The maximum atomic E-state index is 12.2. The zero-order valence-corrected chi connectivity index (χ0v) is 14.4. The van der Waals surface area contributed by atoms with Crippen molar-refractivity contribution in [2.75, 3.05) is 7.11 Å². The average Bonchev–Trinajstić information content (AvgIpc) is 3.26. The summed E-state index contributed by atoms with van der Waals surface area (Å²) in [5.41, 5.74) is 3.88. The Kier molecular flexibility index (Phi) is 3.77. The standard InChI is InChI=1S/C18H14N4O2S/c1-10-5-3-7-12-13(10)21-22-14(12)17-20-15(18(23)24-2)16(25-17)11-6-4-8-19-9-11/h3-9H,1-2H3,(H,21,22). The monoisotopic (exact) mass is 350 g/mol. The molecule has 25 heavy (non-hydrogen) atoms. The highest BCUT2D eigenvalue weighted by molar-refractivity contribution is 7.18. The Morgan fingerprint density at radius 3 is 2.88 bits per heavy atom. The lowest BCUT2D eigenvalue weighted by Crippen LogP contribution is -2.03. The van der Waals surface area contributed by atoms with Crippen LogP contribution in [0.3, 0.4) is 0 Å². The van der Waals surface area contributed by atoms with Gasteiger partial charge in [0.2, 0.25) is 0 Å². The van der Waals surface area contributed by atoms with E-state index in [4.69, 9.17) is 4.74 Å². The molecular weight excluding hydrogens is 336 g/mol. The summed E-state index contributed by atoms with van der Waals surface area (Å²) in [6, 6.07) is 9.70. The van der Waals surface area contributed by atoms with E-state index < -0.39 is 5.97 Å². The summed E-state index contributed by atoms with van der Waals surface area (Å²) in [5, 5.41) is 9.10. The number of benzene rings is 1. The number of hydrogen-bond donors (Lipinski definition) is 1. The zero-order valence-electron chi connectivity index (χ0n) is 13.6. The van der Waals surface area contributed by atoms with Gasteiger partial charge in [0.25, 0.3) is 0 Å². The van der Waals surface area contributed by atoms with Crippen molar-refractivity contribution in [1.82, 2.24) is 20.2 Å². The van der Waals surface area contributed by atoms with Crippen LogP contribution in [0.2, 0.25) is 0 Å². The number of ether oxygens (including phenoxy) is 1. The molecule has 0 radical (unpaired) electrons. The lowest BCUT2D eigenvalue weighted by Gasteiger charge is -1.99. The molecule has 7 heteroatoms. The number of hydrogen-bond acceptors (Lipinski definition) is 6. The first kappa shape index (κ1) is 15.5. The molecule has 1 aromatic carbocycles. The van der Waals surface area contributed by atoms with E-state index in [1.807, 2.05) is 37.3 Å². The lowest BCUT2D eigenvalue weighted by atomic mass is 10.1. The summed E-state index contributed by atoms with van der Waals surface area (Å²) in [6.45, 7) is 2.01. The van der Waals surface area contributed by atoms with Gasteiger partial charge in [-0.05, 0) is 18.6 Å². The van der Waals surface area contributed by atoms with Crippen molar-refractivity contribution in [3.05, 3.63) is 54.0 Å². The van der Waals surface area contributed by atoms with Gasteiger partial charge >= 0.3 is 5.97 Å². The minimum Gasteiger partial charge on any atom is -0.464 e. The number of H-pyrrole nitrogens is 1. The van der Waals surface area contributed by atoms with Crippen LogP contribution in [-0.4, -0.2) is 33.2 Å². The molecule has 0 saturated heterocycles. The number of rotatable bonds is 3.